The van der Waals surface area contributed by atoms with Gasteiger partial charge in [0.2, 0.25) is 0 Å². The molecule has 24 heavy (non-hydrogen) atoms. The van der Waals surface area contributed by atoms with Crippen molar-refractivity contribution in [1.29, 1.82) is 5.26 Å². The first-order valence-corrected chi connectivity index (χ1v) is 8.24. The van der Waals surface area contributed by atoms with Crippen molar-refractivity contribution in [2.24, 2.45) is 0 Å². The van der Waals surface area contributed by atoms with Crippen molar-refractivity contribution >= 4 is 29.1 Å². The number of thiocarbonyl (C=S) groups is 1. The minimum Gasteiger partial charge on any atom is -0.444 e. The molecule has 0 radical (unpaired) electrons. The summed E-state index contributed by atoms with van der Waals surface area (Å²) < 4.78 is 5.38. The van der Waals surface area contributed by atoms with Gasteiger partial charge in [-0.15, -0.1) is 0 Å². The molecule has 1 amide bonds. The SMILES string of the molecule is CC(C)(C)OC(=O)N1CCN(C(=S)Nc2ccccc2C#N)CC1. The summed E-state index contributed by atoms with van der Waals surface area (Å²) in [5, 5.41) is 12.8. The van der Waals surface area contributed by atoms with Crippen molar-refractivity contribution in [3.8, 4) is 6.07 Å². The number of carbonyl (C=O) groups is 1. The van der Waals surface area contributed by atoms with Crippen LogP contribution in [0, 0.1) is 11.3 Å². The number of carbonyl (C=O) groups excluding carboxylic acids is 1. The maximum Gasteiger partial charge on any atom is 0.410 e. The lowest BCUT2D eigenvalue weighted by molar-refractivity contribution is 0.0188. The summed E-state index contributed by atoms with van der Waals surface area (Å²) in [4.78, 5) is 15.7. The number of anilines is 1. The second-order valence-electron chi connectivity index (χ2n) is 6.54. The smallest absolute Gasteiger partial charge is 0.410 e. The van der Waals surface area contributed by atoms with Crippen LogP contribution in [0.2, 0.25) is 0 Å². The number of amides is 1. The predicted octanol–water partition coefficient (Wildman–Crippen LogP) is 2.81. The van der Waals surface area contributed by atoms with E-state index in [1.807, 2.05) is 43.9 Å². The monoisotopic (exact) mass is 346 g/mol. The lowest BCUT2D eigenvalue weighted by atomic mass is 10.2. The van der Waals surface area contributed by atoms with Gasteiger partial charge in [-0.2, -0.15) is 5.26 Å². The van der Waals surface area contributed by atoms with Gasteiger partial charge in [0.15, 0.2) is 5.11 Å². The van der Waals surface area contributed by atoms with E-state index in [9.17, 15) is 4.79 Å². The maximum absolute atomic E-state index is 12.1. The van der Waals surface area contributed by atoms with Crippen LogP contribution in [0.3, 0.4) is 0 Å². The Balaban J connectivity index is 1.89. The van der Waals surface area contributed by atoms with Crippen LogP contribution in [0.15, 0.2) is 24.3 Å². The van der Waals surface area contributed by atoms with Gasteiger partial charge < -0.3 is 19.9 Å². The number of benzene rings is 1. The molecule has 1 heterocycles. The van der Waals surface area contributed by atoms with Crippen molar-refractivity contribution in [3.05, 3.63) is 29.8 Å². The molecule has 7 heteroatoms. The number of nitrogens with zero attached hydrogens (tertiary/aromatic N) is 3. The van der Waals surface area contributed by atoms with Crippen LogP contribution in [-0.2, 0) is 4.74 Å². The Kier molecular flexibility index (Phi) is 5.62. The highest BCUT2D eigenvalue weighted by atomic mass is 32.1. The zero-order chi connectivity index (χ0) is 17.7. The molecule has 1 aliphatic heterocycles. The molecule has 1 aromatic rings. The van der Waals surface area contributed by atoms with Crippen LogP contribution in [0.5, 0.6) is 0 Å². The Morgan fingerprint density at radius 1 is 1.21 bits per heavy atom. The minimum absolute atomic E-state index is 0.296. The summed E-state index contributed by atoms with van der Waals surface area (Å²) in [6.45, 7) is 7.92. The van der Waals surface area contributed by atoms with Gasteiger partial charge in [0, 0.05) is 26.2 Å². The Bertz CT molecular complexity index is 655. The van der Waals surface area contributed by atoms with Gasteiger partial charge in [-0.1, -0.05) is 12.1 Å². The summed E-state index contributed by atoms with van der Waals surface area (Å²) in [5.74, 6) is 0. The van der Waals surface area contributed by atoms with Gasteiger partial charge in [-0.25, -0.2) is 4.79 Å². The molecule has 1 aromatic carbocycles. The molecular formula is C17H22N4O2S. The second kappa shape index (κ2) is 7.49. The van der Waals surface area contributed by atoms with Gasteiger partial charge in [0.25, 0.3) is 0 Å². The van der Waals surface area contributed by atoms with Crippen molar-refractivity contribution in [1.82, 2.24) is 9.80 Å². The highest BCUT2D eigenvalue weighted by Crippen LogP contribution is 2.16. The number of rotatable bonds is 1. The number of piperazine rings is 1. The topological polar surface area (TPSA) is 68.6 Å². The van der Waals surface area contributed by atoms with Crippen LogP contribution in [0.25, 0.3) is 0 Å². The predicted molar refractivity (Wildman–Crippen MR) is 96.8 cm³/mol. The summed E-state index contributed by atoms with van der Waals surface area (Å²) in [5.41, 5.74) is 0.748. The standard InChI is InChI=1S/C17H22N4O2S/c1-17(2,3)23-16(22)21-10-8-20(9-11-21)15(24)19-14-7-5-4-6-13(14)12-18/h4-7H,8-11H2,1-3H3,(H,19,24). The van der Waals surface area contributed by atoms with E-state index < -0.39 is 5.60 Å². The minimum atomic E-state index is -0.494. The first-order chi connectivity index (χ1) is 11.3. The largest absolute Gasteiger partial charge is 0.444 e. The molecule has 1 N–H and O–H groups in total. The number of hydrogen-bond donors (Lipinski definition) is 1. The molecular weight excluding hydrogens is 324 g/mol. The van der Waals surface area contributed by atoms with E-state index in [0.29, 0.717) is 42.5 Å². The fraction of sp³-hybridized carbons (Fsp3) is 0.471. The molecule has 6 nitrogen and oxygen atoms in total. The van der Waals surface area contributed by atoms with E-state index in [-0.39, 0.29) is 6.09 Å². The Morgan fingerprint density at radius 2 is 1.79 bits per heavy atom. The number of nitrogens with one attached hydrogen (secondary N) is 1. The number of para-hydroxylation sites is 1. The average Bonchev–Trinajstić information content (AvgIpc) is 2.54. The Labute approximate surface area is 148 Å². The average molecular weight is 346 g/mol. The quantitative estimate of drug-likeness (QED) is 0.789. The van der Waals surface area contributed by atoms with Crippen molar-refractivity contribution in [2.45, 2.75) is 26.4 Å². The summed E-state index contributed by atoms with van der Waals surface area (Å²) in [6, 6.07) is 9.37. The molecule has 0 atom stereocenters. The highest BCUT2D eigenvalue weighted by Gasteiger charge is 2.26. The third-order valence-corrected chi connectivity index (χ3v) is 3.87. The van der Waals surface area contributed by atoms with Gasteiger partial charge >= 0.3 is 6.09 Å². The van der Waals surface area contributed by atoms with Crippen molar-refractivity contribution in [2.75, 3.05) is 31.5 Å². The third kappa shape index (κ3) is 4.83. The summed E-state index contributed by atoms with van der Waals surface area (Å²) in [7, 11) is 0. The van der Waals surface area contributed by atoms with E-state index in [0.717, 1.165) is 0 Å². The lowest BCUT2D eigenvalue weighted by Crippen LogP contribution is -2.52. The fourth-order valence-electron chi connectivity index (χ4n) is 2.30. The van der Waals surface area contributed by atoms with E-state index in [1.54, 1.807) is 11.0 Å². The molecule has 128 valence electrons. The maximum atomic E-state index is 12.1. The fourth-order valence-corrected chi connectivity index (χ4v) is 2.60. The zero-order valence-corrected chi connectivity index (χ0v) is 15.0. The number of nitriles is 1. The number of hydrogen-bond acceptors (Lipinski definition) is 4. The molecule has 0 aromatic heterocycles. The van der Waals surface area contributed by atoms with Crippen LogP contribution in [0.1, 0.15) is 26.3 Å². The van der Waals surface area contributed by atoms with Gasteiger partial charge in [0.1, 0.15) is 11.7 Å². The molecule has 0 aliphatic carbocycles. The molecule has 1 fully saturated rings. The molecule has 1 aliphatic rings. The normalized spacial score (nSPS) is 14.8. The highest BCUT2D eigenvalue weighted by molar-refractivity contribution is 7.80. The van der Waals surface area contributed by atoms with E-state index >= 15 is 0 Å². The van der Waals surface area contributed by atoms with E-state index in [1.165, 1.54) is 0 Å². The molecule has 0 saturated carbocycles. The molecule has 1 saturated heterocycles. The third-order valence-electron chi connectivity index (χ3n) is 3.51. The number of ether oxygens (including phenoxy) is 1. The Hall–Kier alpha value is -2.33. The van der Waals surface area contributed by atoms with Crippen molar-refractivity contribution < 1.29 is 9.53 Å². The van der Waals surface area contributed by atoms with Crippen LogP contribution in [-0.4, -0.2) is 52.8 Å². The first kappa shape index (κ1) is 18.0. The molecule has 2 rings (SSSR count). The van der Waals surface area contributed by atoms with E-state index in [4.69, 9.17) is 22.2 Å². The summed E-state index contributed by atoms with van der Waals surface area (Å²) >= 11 is 5.43. The van der Waals surface area contributed by atoms with Gasteiger partial charge in [0.05, 0.1) is 11.3 Å². The summed E-state index contributed by atoms with van der Waals surface area (Å²) in [6.07, 6.45) is -0.296. The van der Waals surface area contributed by atoms with Gasteiger partial charge in [-0.05, 0) is 45.1 Å². The molecule has 0 bridgehead atoms. The van der Waals surface area contributed by atoms with Gasteiger partial charge in [-0.3, -0.25) is 0 Å². The first-order valence-electron chi connectivity index (χ1n) is 7.83. The van der Waals surface area contributed by atoms with Crippen LogP contribution >= 0.6 is 12.2 Å². The van der Waals surface area contributed by atoms with Crippen LogP contribution < -0.4 is 5.32 Å². The zero-order valence-electron chi connectivity index (χ0n) is 14.2. The second-order valence-corrected chi connectivity index (χ2v) is 6.93. The Morgan fingerprint density at radius 3 is 2.38 bits per heavy atom. The van der Waals surface area contributed by atoms with Crippen molar-refractivity contribution in [3.63, 3.8) is 0 Å². The van der Waals surface area contributed by atoms with E-state index in [2.05, 4.69) is 11.4 Å². The molecule has 0 spiro atoms. The lowest BCUT2D eigenvalue weighted by Gasteiger charge is -2.36. The molecule has 0 unspecified atom stereocenters. The van der Waals surface area contributed by atoms with Crippen LogP contribution in [0.4, 0.5) is 10.5 Å².